The summed E-state index contributed by atoms with van der Waals surface area (Å²) in [6.07, 6.45) is 1.02. The molecule has 0 amide bonds. The number of nitrogens with one attached hydrogen (secondary N) is 1. The normalized spacial score (nSPS) is 10.3. The largest absolute Gasteiger partial charge is 0.494 e. The van der Waals surface area contributed by atoms with E-state index in [0.29, 0.717) is 0 Å². The number of hydrogen-bond acceptors (Lipinski definition) is 2. The highest BCUT2D eigenvalue weighted by Gasteiger charge is 2.00. The molecule has 0 aliphatic rings. The molecule has 0 aliphatic carbocycles. The third-order valence-electron chi connectivity index (χ3n) is 3.00. The van der Waals surface area contributed by atoms with Crippen molar-refractivity contribution in [3.63, 3.8) is 0 Å². The van der Waals surface area contributed by atoms with Gasteiger partial charge in [-0.15, -0.1) is 0 Å². The van der Waals surface area contributed by atoms with Crippen LogP contribution in [0.5, 0.6) is 5.75 Å². The van der Waals surface area contributed by atoms with Crippen molar-refractivity contribution >= 4 is 17.3 Å². The predicted molar refractivity (Wildman–Crippen MR) is 85.7 cm³/mol. The second-order valence-corrected chi connectivity index (χ2v) is 5.24. The standard InChI is InChI=1S/C17H20ClNO/c1-3-10-20-15-7-5-14(6-8-15)12-19-17-9-4-13(2)11-16(17)18/h4-9,11,19H,3,10,12H2,1-2H3. The van der Waals surface area contributed by atoms with Gasteiger partial charge in [0, 0.05) is 6.54 Å². The fraction of sp³-hybridized carbons (Fsp3) is 0.294. The Kier molecular flexibility index (Phi) is 5.31. The van der Waals surface area contributed by atoms with Crippen molar-refractivity contribution in [2.24, 2.45) is 0 Å². The van der Waals surface area contributed by atoms with Gasteiger partial charge in [0.1, 0.15) is 5.75 Å². The molecule has 0 atom stereocenters. The Bertz CT molecular complexity index is 551. The van der Waals surface area contributed by atoms with Crippen LogP contribution in [0.4, 0.5) is 5.69 Å². The summed E-state index contributed by atoms with van der Waals surface area (Å²) in [5, 5.41) is 4.10. The molecule has 2 aromatic rings. The monoisotopic (exact) mass is 289 g/mol. The molecule has 0 fully saturated rings. The third kappa shape index (κ3) is 4.17. The maximum Gasteiger partial charge on any atom is 0.119 e. The quantitative estimate of drug-likeness (QED) is 0.803. The fourth-order valence-corrected chi connectivity index (χ4v) is 2.19. The van der Waals surface area contributed by atoms with Gasteiger partial charge in [-0.2, -0.15) is 0 Å². The van der Waals surface area contributed by atoms with Crippen LogP contribution in [0.15, 0.2) is 42.5 Å². The number of hydrogen-bond donors (Lipinski definition) is 1. The molecule has 1 N–H and O–H groups in total. The highest BCUT2D eigenvalue weighted by atomic mass is 35.5. The molecule has 0 radical (unpaired) electrons. The van der Waals surface area contributed by atoms with Crippen molar-refractivity contribution in [1.29, 1.82) is 0 Å². The van der Waals surface area contributed by atoms with Crippen LogP contribution in [0, 0.1) is 6.92 Å². The van der Waals surface area contributed by atoms with Crippen molar-refractivity contribution in [3.05, 3.63) is 58.6 Å². The van der Waals surface area contributed by atoms with Crippen molar-refractivity contribution < 1.29 is 4.74 Å². The molecule has 0 unspecified atom stereocenters. The van der Waals surface area contributed by atoms with E-state index in [2.05, 4.69) is 30.4 Å². The lowest BCUT2D eigenvalue weighted by atomic mass is 10.2. The van der Waals surface area contributed by atoms with Gasteiger partial charge < -0.3 is 10.1 Å². The zero-order chi connectivity index (χ0) is 14.4. The first kappa shape index (κ1) is 14.7. The van der Waals surface area contributed by atoms with Crippen molar-refractivity contribution in [2.45, 2.75) is 26.8 Å². The molecule has 2 nitrogen and oxygen atoms in total. The Hall–Kier alpha value is -1.67. The van der Waals surface area contributed by atoms with E-state index in [0.717, 1.165) is 41.6 Å². The van der Waals surface area contributed by atoms with Gasteiger partial charge in [-0.25, -0.2) is 0 Å². The van der Waals surface area contributed by atoms with Gasteiger partial charge >= 0.3 is 0 Å². The summed E-state index contributed by atoms with van der Waals surface area (Å²) in [6, 6.07) is 14.2. The Morgan fingerprint density at radius 2 is 1.85 bits per heavy atom. The Morgan fingerprint density at radius 1 is 1.10 bits per heavy atom. The molecule has 0 heterocycles. The molecule has 2 rings (SSSR count). The summed E-state index contributed by atoms with van der Waals surface area (Å²) in [7, 11) is 0. The second-order valence-electron chi connectivity index (χ2n) is 4.83. The summed E-state index contributed by atoms with van der Waals surface area (Å²) in [4.78, 5) is 0. The van der Waals surface area contributed by atoms with Crippen LogP contribution in [-0.4, -0.2) is 6.61 Å². The maximum absolute atomic E-state index is 6.20. The molecule has 0 aromatic heterocycles. The van der Waals surface area contributed by atoms with Gasteiger partial charge in [0.05, 0.1) is 17.3 Å². The van der Waals surface area contributed by atoms with E-state index in [-0.39, 0.29) is 0 Å². The first-order valence-electron chi connectivity index (χ1n) is 6.91. The van der Waals surface area contributed by atoms with Crippen LogP contribution in [0.25, 0.3) is 0 Å². The second kappa shape index (κ2) is 7.20. The van der Waals surface area contributed by atoms with Gasteiger partial charge in [0.15, 0.2) is 0 Å². The Morgan fingerprint density at radius 3 is 2.50 bits per heavy atom. The topological polar surface area (TPSA) is 21.3 Å². The summed E-state index contributed by atoms with van der Waals surface area (Å²) in [6.45, 7) is 5.64. The molecular weight excluding hydrogens is 270 g/mol. The van der Waals surface area contributed by atoms with Gasteiger partial charge in [-0.05, 0) is 48.7 Å². The van der Waals surface area contributed by atoms with Crippen molar-refractivity contribution in [2.75, 3.05) is 11.9 Å². The van der Waals surface area contributed by atoms with Crippen LogP contribution in [0.3, 0.4) is 0 Å². The molecule has 20 heavy (non-hydrogen) atoms. The van der Waals surface area contributed by atoms with Crippen LogP contribution in [0.1, 0.15) is 24.5 Å². The third-order valence-corrected chi connectivity index (χ3v) is 3.32. The SMILES string of the molecule is CCCOc1ccc(CNc2ccc(C)cc2Cl)cc1. The highest BCUT2D eigenvalue weighted by molar-refractivity contribution is 6.33. The highest BCUT2D eigenvalue weighted by Crippen LogP contribution is 2.23. The van der Waals surface area contributed by atoms with Gasteiger partial charge in [-0.1, -0.05) is 36.7 Å². The minimum Gasteiger partial charge on any atom is -0.494 e. The lowest BCUT2D eigenvalue weighted by Crippen LogP contribution is -2.00. The Balaban J connectivity index is 1.93. The lowest BCUT2D eigenvalue weighted by molar-refractivity contribution is 0.317. The van der Waals surface area contributed by atoms with E-state index in [1.807, 2.05) is 31.2 Å². The molecule has 0 saturated heterocycles. The van der Waals surface area contributed by atoms with Crippen molar-refractivity contribution in [3.8, 4) is 5.75 Å². The molecular formula is C17H20ClNO. The van der Waals surface area contributed by atoms with Gasteiger partial charge in [0.2, 0.25) is 0 Å². The van der Waals surface area contributed by atoms with Crippen LogP contribution >= 0.6 is 11.6 Å². The molecule has 0 aliphatic heterocycles. The van der Waals surface area contributed by atoms with Crippen LogP contribution in [0.2, 0.25) is 5.02 Å². The first-order valence-corrected chi connectivity index (χ1v) is 7.28. The average molecular weight is 290 g/mol. The number of ether oxygens (including phenoxy) is 1. The van der Waals surface area contributed by atoms with Crippen LogP contribution < -0.4 is 10.1 Å². The number of aryl methyl sites for hydroxylation is 1. The predicted octanol–water partition coefficient (Wildman–Crippen LogP) is 5.05. The summed E-state index contributed by atoms with van der Waals surface area (Å²) >= 11 is 6.20. The average Bonchev–Trinajstić information content (AvgIpc) is 2.45. The van der Waals surface area contributed by atoms with E-state index < -0.39 is 0 Å². The van der Waals surface area contributed by atoms with Gasteiger partial charge in [0.25, 0.3) is 0 Å². The molecule has 106 valence electrons. The molecule has 3 heteroatoms. The smallest absolute Gasteiger partial charge is 0.119 e. The number of benzene rings is 2. The summed E-state index contributed by atoms with van der Waals surface area (Å²) < 4.78 is 5.56. The van der Waals surface area contributed by atoms with Crippen LogP contribution in [-0.2, 0) is 6.54 Å². The summed E-state index contributed by atoms with van der Waals surface area (Å²) in [5.41, 5.74) is 3.33. The number of rotatable bonds is 6. The van der Waals surface area contributed by atoms with Crippen molar-refractivity contribution in [1.82, 2.24) is 0 Å². The fourth-order valence-electron chi connectivity index (χ4n) is 1.88. The minimum absolute atomic E-state index is 0.747. The number of halogens is 1. The minimum atomic E-state index is 0.747. The first-order chi connectivity index (χ1) is 9.69. The zero-order valence-corrected chi connectivity index (χ0v) is 12.7. The zero-order valence-electron chi connectivity index (χ0n) is 11.9. The molecule has 0 spiro atoms. The van der Waals surface area contributed by atoms with Gasteiger partial charge in [-0.3, -0.25) is 0 Å². The van der Waals surface area contributed by atoms with E-state index in [9.17, 15) is 0 Å². The van der Waals surface area contributed by atoms with E-state index >= 15 is 0 Å². The lowest BCUT2D eigenvalue weighted by Gasteiger charge is -2.10. The van der Waals surface area contributed by atoms with E-state index in [4.69, 9.17) is 16.3 Å². The Labute approximate surface area is 125 Å². The summed E-state index contributed by atoms with van der Waals surface area (Å²) in [5.74, 6) is 0.920. The maximum atomic E-state index is 6.20. The molecule has 0 saturated carbocycles. The molecule has 2 aromatic carbocycles. The molecule has 0 bridgehead atoms. The number of anilines is 1. The van der Waals surface area contributed by atoms with E-state index in [1.54, 1.807) is 0 Å². The van der Waals surface area contributed by atoms with E-state index in [1.165, 1.54) is 5.56 Å².